The van der Waals surface area contributed by atoms with Crippen molar-refractivity contribution in [2.24, 2.45) is 5.92 Å². The van der Waals surface area contributed by atoms with Gasteiger partial charge in [-0.2, -0.15) is 0 Å². The van der Waals surface area contributed by atoms with Crippen LogP contribution in [0.25, 0.3) is 0 Å². The molecule has 1 N–H and O–H groups in total. The average molecular weight is 225 g/mol. The summed E-state index contributed by atoms with van der Waals surface area (Å²) in [5.41, 5.74) is 0. The highest BCUT2D eigenvalue weighted by molar-refractivity contribution is 14.1. The number of hydrogen-bond acceptors (Lipinski definition) is 1. The quantitative estimate of drug-likeness (QED) is 0.485. The minimum atomic E-state index is 0.872. The molecule has 1 rings (SSSR count). The van der Waals surface area contributed by atoms with Crippen LogP contribution in [0.2, 0.25) is 0 Å². The van der Waals surface area contributed by atoms with Gasteiger partial charge in [0.15, 0.2) is 0 Å². The van der Waals surface area contributed by atoms with Gasteiger partial charge in [0.25, 0.3) is 0 Å². The molecule has 1 saturated heterocycles. The van der Waals surface area contributed by atoms with Crippen LogP contribution in [0, 0.1) is 5.92 Å². The molecule has 0 bridgehead atoms. The number of rotatable bonds is 0. The molecule has 2 unspecified atom stereocenters. The lowest BCUT2D eigenvalue weighted by Gasteiger charge is -2.23. The lowest BCUT2D eigenvalue weighted by Crippen LogP contribution is -2.35. The Hall–Kier alpha value is 0.690. The molecule has 0 aromatic rings. The summed E-state index contributed by atoms with van der Waals surface area (Å²) in [5.74, 6) is 0.894. The van der Waals surface area contributed by atoms with E-state index in [-0.39, 0.29) is 0 Å². The molecule has 2 atom stereocenters. The number of alkyl halides is 1. The van der Waals surface area contributed by atoms with Gasteiger partial charge in [-0.05, 0) is 18.9 Å². The summed E-state index contributed by atoms with van der Waals surface area (Å²) in [4.78, 5) is 0. The van der Waals surface area contributed by atoms with E-state index < -0.39 is 0 Å². The van der Waals surface area contributed by atoms with Crippen molar-refractivity contribution in [3.05, 3.63) is 0 Å². The molecule has 0 radical (unpaired) electrons. The molecular formula is C6H12IN. The van der Waals surface area contributed by atoms with Gasteiger partial charge < -0.3 is 5.32 Å². The van der Waals surface area contributed by atoms with Crippen LogP contribution in [-0.2, 0) is 0 Å². The zero-order valence-electron chi connectivity index (χ0n) is 5.15. The Kier molecular flexibility index (Phi) is 2.56. The van der Waals surface area contributed by atoms with Crippen molar-refractivity contribution in [2.75, 3.05) is 13.1 Å². The highest BCUT2D eigenvalue weighted by atomic mass is 127. The zero-order valence-corrected chi connectivity index (χ0v) is 7.31. The topological polar surface area (TPSA) is 12.0 Å². The van der Waals surface area contributed by atoms with Gasteiger partial charge in [0, 0.05) is 10.5 Å². The Morgan fingerprint density at radius 2 is 2.25 bits per heavy atom. The summed E-state index contributed by atoms with van der Waals surface area (Å²) in [6.07, 6.45) is 1.40. The van der Waals surface area contributed by atoms with Crippen molar-refractivity contribution in [3.63, 3.8) is 0 Å². The van der Waals surface area contributed by atoms with E-state index in [4.69, 9.17) is 0 Å². The van der Waals surface area contributed by atoms with Crippen molar-refractivity contribution in [2.45, 2.75) is 17.3 Å². The maximum Gasteiger partial charge on any atom is 0.0237 e. The number of piperidine rings is 1. The van der Waals surface area contributed by atoms with Crippen molar-refractivity contribution in [3.8, 4) is 0 Å². The third-order valence-electron chi connectivity index (χ3n) is 1.52. The van der Waals surface area contributed by atoms with E-state index in [0.717, 1.165) is 9.84 Å². The fourth-order valence-electron chi connectivity index (χ4n) is 1.09. The second-order valence-corrected chi connectivity index (χ2v) is 4.36. The Labute approximate surface area is 64.4 Å². The summed E-state index contributed by atoms with van der Waals surface area (Å²) < 4.78 is 0.872. The third kappa shape index (κ3) is 1.90. The molecule has 0 aromatic carbocycles. The molecule has 1 aliphatic heterocycles. The first kappa shape index (κ1) is 6.81. The first-order valence-electron chi connectivity index (χ1n) is 3.14. The van der Waals surface area contributed by atoms with E-state index in [2.05, 4.69) is 34.8 Å². The van der Waals surface area contributed by atoms with Crippen LogP contribution in [0.3, 0.4) is 0 Å². The number of hydrogen-bond donors (Lipinski definition) is 1. The van der Waals surface area contributed by atoms with Gasteiger partial charge in [0.1, 0.15) is 0 Å². The predicted octanol–water partition coefficient (Wildman–Crippen LogP) is 1.42. The zero-order chi connectivity index (χ0) is 5.98. The summed E-state index contributed by atoms with van der Waals surface area (Å²) >= 11 is 2.51. The number of nitrogens with one attached hydrogen (secondary N) is 1. The number of halogens is 1. The van der Waals surface area contributed by atoms with Gasteiger partial charge in [-0.1, -0.05) is 29.5 Å². The maximum absolute atomic E-state index is 3.38. The first-order valence-corrected chi connectivity index (χ1v) is 4.38. The summed E-state index contributed by atoms with van der Waals surface area (Å²) in [5, 5.41) is 3.38. The third-order valence-corrected chi connectivity index (χ3v) is 2.47. The molecule has 1 aliphatic rings. The van der Waals surface area contributed by atoms with Crippen molar-refractivity contribution < 1.29 is 0 Å². The predicted molar refractivity (Wildman–Crippen MR) is 44.5 cm³/mol. The molecule has 0 spiro atoms. The first-order chi connectivity index (χ1) is 3.79. The minimum Gasteiger partial charge on any atom is -0.315 e. The standard InChI is InChI=1S/C6H12IN/c1-5-2-6(7)4-8-3-5/h5-6,8H,2-4H2,1H3. The van der Waals surface area contributed by atoms with Gasteiger partial charge >= 0.3 is 0 Å². The van der Waals surface area contributed by atoms with E-state index in [0.29, 0.717) is 0 Å². The second kappa shape index (κ2) is 3.01. The molecular weight excluding hydrogens is 213 g/mol. The fourth-order valence-corrected chi connectivity index (χ4v) is 2.27. The lowest BCUT2D eigenvalue weighted by molar-refractivity contribution is 0.421. The van der Waals surface area contributed by atoms with Crippen molar-refractivity contribution >= 4 is 22.6 Å². The Bertz CT molecular complexity index is 66.9. The summed E-state index contributed by atoms with van der Waals surface area (Å²) in [6.45, 7) is 4.74. The average Bonchev–Trinajstić information content (AvgIpc) is 1.64. The van der Waals surface area contributed by atoms with Gasteiger partial charge in [-0.3, -0.25) is 0 Å². The molecule has 1 fully saturated rings. The SMILES string of the molecule is CC1CNCC(I)C1. The van der Waals surface area contributed by atoms with Gasteiger partial charge in [0.2, 0.25) is 0 Å². The molecule has 1 heterocycles. The van der Waals surface area contributed by atoms with E-state index in [1.165, 1.54) is 19.5 Å². The van der Waals surface area contributed by atoms with E-state index in [1.54, 1.807) is 0 Å². The summed E-state index contributed by atoms with van der Waals surface area (Å²) in [6, 6.07) is 0. The van der Waals surface area contributed by atoms with Crippen molar-refractivity contribution in [1.82, 2.24) is 5.32 Å². The van der Waals surface area contributed by atoms with Crippen LogP contribution in [0.1, 0.15) is 13.3 Å². The van der Waals surface area contributed by atoms with Crippen molar-refractivity contribution in [1.29, 1.82) is 0 Å². The highest BCUT2D eigenvalue weighted by Crippen LogP contribution is 2.15. The van der Waals surface area contributed by atoms with E-state index in [9.17, 15) is 0 Å². The van der Waals surface area contributed by atoms with E-state index in [1.807, 2.05) is 0 Å². The molecule has 1 nitrogen and oxygen atoms in total. The molecule has 2 heteroatoms. The largest absolute Gasteiger partial charge is 0.315 e. The molecule has 48 valence electrons. The maximum atomic E-state index is 3.38. The normalized spacial score (nSPS) is 39.8. The van der Waals surface area contributed by atoms with Crippen LogP contribution in [-0.4, -0.2) is 17.0 Å². The van der Waals surface area contributed by atoms with Gasteiger partial charge in [-0.25, -0.2) is 0 Å². The smallest absolute Gasteiger partial charge is 0.0237 e. The Morgan fingerprint density at radius 3 is 2.62 bits per heavy atom. The highest BCUT2D eigenvalue weighted by Gasteiger charge is 2.14. The monoisotopic (exact) mass is 225 g/mol. The van der Waals surface area contributed by atoms with E-state index >= 15 is 0 Å². The van der Waals surface area contributed by atoms with Crippen LogP contribution in [0.4, 0.5) is 0 Å². The van der Waals surface area contributed by atoms with Crippen LogP contribution >= 0.6 is 22.6 Å². The van der Waals surface area contributed by atoms with Crippen LogP contribution in [0.5, 0.6) is 0 Å². The Balaban J connectivity index is 2.23. The molecule has 0 aromatic heterocycles. The molecule has 0 aliphatic carbocycles. The molecule has 0 saturated carbocycles. The fraction of sp³-hybridized carbons (Fsp3) is 1.00. The Morgan fingerprint density at radius 1 is 1.50 bits per heavy atom. The second-order valence-electron chi connectivity index (χ2n) is 2.60. The van der Waals surface area contributed by atoms with Crippen LogP contribution < -0.4 is 5.32 Å². The molecule has 0 amide bonds. The van der Waals surface area contributed by atoms with Gasteiger partial charge in [0.05, 0.1) is 0 Å². The minimum absolute atomic E-state index is 0.872. The van der Waals surface area contributed by atoms with Crippen LogP contribution in [0.15, 0.2) is 0 Å². The lowest BCUT2D eigenvalue weighted by atomic mass is 10.0. The molecule has 8 heavy (non-hydrogen) atoms. The summed E-state index contributed by atoms with van der Waals surface area (Å²) in [7, 11) is 0. The van der Waals surface area contributed by atoms with Gasteiger partial charge in [-0.15, -0.1) is 0 Å².